The van der Waals surface area contributed by atoms with E-state index in [0.29, 0.717) is 5.76 Å². The van der Waals surface area contributed by atoms with Crippen LogP contribution in [0.5, 0.6) is 0 Å². The van der Waals surface area contributed by atoms with Crippen LogP contribution in [0.3, 0.4) is 0 Å². The smallest absolute Gasteiger partial charge is 0.325 e. The maximum absolute atomic E-state index is 12.7. The van der Waals surface area contributed by atoms with Gasteiger partial charge < -0.3 is 20.0 Å². The number of carbonyl (C=O) groups excluding carboxylic acids is 3. The van der Waals surface area contributed by atoms with Crippen LogP contribution in [0.4, 0.5) is 4.79 Å². The monoisotopic (exact) mass is 406 g/mol. The topological polar surface area (TPSA) is 107 Å². The number of nitrogens with zero attached hydrogens (tertiary/aromatic N) is 1. The zero-order chi connectivity index (χ0) is 20.7. The van der Waals surface area contributed by atoms with Crippen LogP contribution in [-0.2, 0) is 22.6 Å². The Kier molecular flexibility index (Phi) is 4.54. The number of aromatic nitrogens is 1. The molecule has 8 nitrogen and oxygen atoms in total. The lowest BCUT2D eigenvalue weighted by atomic mass is 9.91. The molecular formula is C22H22N4O4. The van der Waals surface area contributed by atoms with E-state index in [1.165, 1.54) is 17.2 Å². The van der Waals surface area contributed by atoms with Gasteiger partial charge in [-0.3, -0.25) is 14.5 Å². The molecule has 154 valence electrons. The zero-order valence-electron chi connectivity index (χ0n) is 16.3. The van der Waals surface area contributed by atoms with E-state index in [-0.39, 0.29) is 24.9 Å². The molecule has 0 spiro atoms. The first-order valence-electron chi connectivity index (χ1n) is 10.1. The van der Waals surface area contributed by atoms with Gasteiger partial charge in [-0.15, -0.1) is 0 Å². The summed E-state index contributed by atoms with van der Waals surface area (Å²) in [7, 11) is 0. The number of furan rings is 1. The second kappa shape index (κ2) is 7.37. The van der Waals surface area contributed by atoms with E-state index >= 15 is 0 Å². The van der Waals surface area contributed by atoms with Crippen LogP contribution in [0.25, 0.3) is 10.9 Å². The third kappa shape index (κ3) is 3.24. The predicted octanol–water partition coefficient (Wildman–Crippen LogP) is 2.77. The fourth-order valence-corrected chi connectivity index (χ4v) is 4.42. The molecular weight excluding hydrogens is 384 g/mol. The average molecular weight is 406 g/mol. The summed E-state index contributed by atoms with van der Waals surface area (Å²) in [6.45, 7) is 0.0524. The van der Waals surface area contributed by atoms with Crippen molar-refractivity contribution in [1.29, 1.82) is 0 Å². The molecule has 8 heteroatoms. The summed E-state index contributed by atoms with van der Waals surface area (Å²) >= 11 is 0. The van der Waals surface area contributed by atoms with Gasteiger partial charge in [0.05, 0.1) is 25.3 Å². The number of aromatic amines is 1. The number of hydrogen-bond acceptors (Lipinski definition) is 4. The van der Waals surface area contributed by atoms with E-state index in [0.717, 1.165) is 35.4 Å². The van der Waals surface area contributed by atoms with Crippen LogP contribution in [0.1, 0.15) is 42.3 Å². The maximum Gasteiger partial charge on any atom is 0.325 e. The van der Waals surface area contributed by atoms with Crippen molar-refractivity contribution in [2.75, 3.05) is 0 Å². The molecule has 1 saturated heterocycles. The lowest BCUT2D eigenvalue weighted by Crippen LogP contribution is -2.38. The minimum absolute atomic E-state index is 0.0524. The van der Waals surface area contributed by atoms with Crippen LogP contribution >= 0.6 is 0 Å². The Bertz CT molecular complexity index is 1120. The van der Waals surface area contributed by atoms with Gasteiger partial charge in [0, 0.05) is 16.6 Å². The van der Waals surface area contributed by atoms with Gasteiger partial charge in [0.2, 0.25) is 5.91 Å². The highest BCUT2D eigenvalue weighted by Gasteiger charge is 2.39. The third-order valence-corrected chi connectivity index (χ3v) is 5.84. The largest absolute Gasteiger partial charge is 0.467 e. The molecule has 0 bridgehead atoms. The minimum atomic E-state index is -0.863. The predicted molar refractivity (Wildman–Crippen MR) is 108 cm³/mol. The third-order valence-electron chi connectivity index (χ3n) is 5.84. The molecule has 5 rings (SSSR count). The molecule has 0 radical (unpaired) electrons. The van der Waals surface area contributed by atoms with Gasteiger partial charge in [-0.1, -0.05) is 18.2 Å². The number of hydrogen-bond donors (Lipinski definition) is 3. The molecule has 1 aliphatic heterocycles. The molecule has 30 heavy (non-hydrogen) atoms. The van der Waals surface area contributed by atoms with Crippen molar-refractivity contribution >= 4 is 28.7 Å². The fourth-order valence-electron chi connectivity index (χ4n) is 4.42. The maximum atomic E-state index is 12.7. The van der Waals surface area contributed by atoms with E-state index < -0.39 is 18.0 Å². The molecule has 0 saturated carbocycles. The van der Waals surface area contributed by atoms with E-state index in [2.05, 4.69) is 21.7 Å². The van der Waals surface area contributed by atoms with Gasteiger partial charge in [-0.25, -0.2) is 4.79 Å². The number of amides is 4. The number of carbonyl (C=O) groups is 3. The Morgan fingerprint density at radius 1 is 1.20 bits per heavy atom. The molecule has 1 aliphatic carbocycles. The fraction of sp³-hybridized carbons (Fsp3) is 0.318. The number of fused-ring (bicyclic) bond motifs is 3. The van der Waals surface area contributed by atoms with Crippen LogP contribution in [0.2, 0.25) is 0 Å². The van der Waals surface area contributed by atoms with Crippen molar-refractivity contribution in [2.45, 2.75) is 44.3 Å². The van der Waals surface area contributed by atoms with E-state index in [1.807, 2.05) is 18.2 Å². The highest BCUT2D eigenvalue weighted by Crippen LogP contribution is 2.34. The van der Waals surface area contributed by atoms with Crippen LogP contribution in [0.15, 0.2) is 47.1 Å². The highest BCUT2D eigenvalue weighted by molar-refractivity contribution is 6.05. The summed E-state index contributed by atoms with van der Waals surface area (Å²) in [6, 6.07) is 10.0. The number of urea groups is 1. The molecule has 1 fully saturated rings. The first kappa shape index (κ1) is 18.5. The molecule has 4 amide bonds. The normalized spacial score (nSPS) is 21.0. The summed E-state index contributed by atoms with van der Waals surface area (Å²) in [5.74, 6) is -0.163. The van der Waals surface area contributed by atoms with Crippen molar-refractivity contribution < 1.29 is 18.8 Å². The summed E-state index contributed by atoms with van der Waals surface area (Å²) in [5, 5.41) is 6.84. The van der Waals surface area contributed by atoms with Gasteiger partial charge >= 0.3 is 6.03 Å². The molecule has 3 aromatic rings. The number of para-hydroxylation sites is 1. The second-order valence-electron chi connectivity index (χ2n) is 7.79. The first-order chi connectivity index (χ1) is 14.6. The van der Waals surface area contributed by atoms with Crippen molar-refractivity contribution in [1.82, 2.24) is 20.5 Å². The van der Waals surface area contributed by atoms with Crippen molar-refractivity contribution in [3.05, 3.63) is 59.7 Å². The van der Waals surface area contributed by atoms with E-state index in [9.17, 15) is 14.4 Å². The van der Waals surface area contributed by atoms with Crippen LogP contribution < -0.4 is 10.6 Å². The number of rotatable bonds is 5. The molecule has 0 unspecified atom stereocenters. The van der Waals surface area contributed by atoms with Crippen molar-refractivity contribution in [3.63, 3.8) is 0 Å². The number of aryl methyl sites for hydroxylation is 1. The quantitative estimate of drug-likeness (QED) is 0.566. The number of H-pyrrole nitrogens is 1. The average Bonchev–Trinajstić information content (AvgIpc) is 3.44. The lowest BCUT2D eigenvalue weighted by molar-refractivity contribution is -0.131. The number of nitrogens with one attached hydrogen (secondary N) is 3. The van der Waals surface area contributed by atoms with Gasteiger partial charge in [-0.05, 0) is 43.0 Å². The molecule has 3 heterocycles. The van der Waals surface area contributed by atoms with E-state index in [1.54, 1.807) is 12.1 Å². The standard InChI is InChI=1S/C22H22N4O4/c27-19(11-18-21(28)26(22(29)25-18)12-13-5-4-10-30-13)23-17-9-3-7-15-14-6-1-2-8-16(14)24-20(15)17/h1-2,4-6,8,10,17-18,24H,3,7,9,11-12H2,(H,23,27)(H,25,29)/t17-,18+/m0/s1. The Labute approximate surface area is 172 Å². The van der Waals surface area contributed by atoms with Gasteiger partial charge in [0.15, 0.2) is 0 Å². The molecule has 2 aliphatic rings. The first-order valence-corrected chi connectivity index (χ1v) is 10.1. The minimum Gasteiger partial charge on any atom is -0.467 e. The van der Waals surface area contributed by atoms with Gasteiger partial charge in [0.25, 0.3) is 5.91 Å². The molecule has 1 aromatic carbocycles. The van der Waals surface area contributed by atoms with E-state index in [4.69, 9.17) is 4.42 Å². The molecule has 2 atom stereocenters. The SMILES string of the molecule is O=C(C[C@H]1NC(=O)N(Cc2ccco2)C1=O)N[C@H]1CCCc2c1[nH]c1ccccc21. The highest BCUT2D eigenvalue weighted by atomic mass is 16.3. The summed E-state index contributed by atoms with van der Waals surface area (Å²) in [4.78, 5) is 42.0. The van der Waals surface area contributed by atoms with Crippen molar-refractivity contribution in [3.8, 4) is 0 Å². The zero-order valence-corrected chi connectivity index (χ0v) is 16.3. The summed E-state index contributed by atoms with van der Waals surface area (Å²) < 4.78 is 5.21. The Morgan fingerprint density at radius 2 is 2.07 bits per heavy atom. The van der Waals surface area contributed by atoms with Gasteiger partial charge in [-0.2, -0.15) is 0 Å². The van der Waals surface area contributed by atoms with Crippen molar-refractivity contribution in [2.24, 2.45) is 0 Å². The molecule has 3 N–H and O–H groups in total. The van der Waals surface area contributed by atoms with Crippen LogP contribution in [0, 0.1) is 0 Å². The van der Waals surface area contributed by atoms with Gasteiger partial charge in [0.1, 0.15) is 11.8 Å². The number of imide groups is 1. The Hall–Kier alpha value is -3.55. The number of benzene rings is 1. The summed E-state index contributed by atoms with van der Waals surface area (Å²) in [5.41, 5.74) is 3.35. The second-order valence-corrected chi connectivity index (χ2v) is 7.79. The summed E-state index contributed by atoms with van der Waals surface area (Å²) in [6.07, 6.45) is 4.19. The van der Waals surface area contributed by atoms with Crippen LogP contribution in [-0.4, -0.2) is 33.8 Å². The Morgan fingerprint density at radius 3 is 2.90 bits per heavy atom. The lowest BCUT2D eigenvalue weighted by Gasteiger charge is -2.24. The Balaban J connectivity index is 1.26. The molecule has 2 aromatic heterocycles.